The molecule has 1 atom stereocenters. The van der Waals surface area contributed by atoms with Crippen LogP contribution in [0.4, 0.5) is 17.6 Å². The van der Waals surface area contributed by atoms with Gasteiger partial charge in [0.1, 0.15) is 6.42 Å². The van der Waals surface area contributed by atoms with E-state index < -0.39 is 36.5 Å². The average Bonchev–Trinajstić information content (AvgIpc) is 2.80. The Bertz CT molecular complexity index is 720. The molecule has 0 aliphatic heterocycles. The first-order valence-electron chi connectivity index (χ1n) is 5.99. The lowest BCUT2D eigenvalue weighted by atomic mass is 10.4. The molecule has 0 aromatic carbocycles. The van der Waals surface area contributed by atoms with Crippen LogP contribution in [0.2, 0.25) is 5.02 Å². The summed E-state index contributed by atoms with van der Waals surface area (Å²) in [5, 5.41) is 12.7. The topological polar surface area (TPSA) is 77.2 Å². The first-order valence-corrected chi connectivity index (χ1v) is 6.37. The van der Waals surface area contributed by atoms with Crippen LogP contribution in [-0.4, -0.2) is 38.4 Å². The number of hydrogen-bond acceptors (Lipinski definition) is 4. The Hall–Kier alpha value is -2.36. The second-order valence-corrected chi connectivity index (χ2v) is 4.65. The third-order valence-corrected chi connectivity index (χ3v) is 2.78. The molecular formula is C12H8ClF4N3O3. The third kappa shape index (κ3) is 4.31. The van der Waals surface area contributed by atoms with Gasteiger partial charge in [0.2, 0.25) is 12.2 Å². The summed E-state index contributed by atoms with van der Waals surface area (Å²) < 4.78 is 54.6. The highest BCUT2D eigenvalue weighted by Crippen LogP contribution is 2.26. The number of aromatic carboxylic acids is 1. The van der Waals surface area contributed by atoms with Crippen molar-refractivity contribution in [3.8, 4) is 11.7 Å². The van der Waals surface area contributed by atoms with Crippen LogP contribution >= 0.6 is 11.6 Å². The maximum Gasteiger partial charge on any atom is 0.395 e. The molecule has 0 amide bonds. The maximum absolute atomic E-state index is 13.2. The molecule has 0 saturated carbocycles. The van der Waals surface area contributed by atoms with Gasteiger partial charge in [-0.05, 0) is 12.1 Å². The van der Waals surface area contributed by atoms with Crippen molar-refractivity contribution >= 4 is 17.6 Å². The summed E-state index contributed by atoms with van der Waals surface area (Å²) in [6, 6.07) is 3.66. The minimum Gasteiger partial charge on any atom is -0.477 e. The first-order chi connectivity index (χ1) is 10.7. The van der Waals surface area contributed by atoms with Crippen molar-refractivity contribution < 1.29 is 32.2 Å². The van der Waals surface area contributed by atoms with Gasteiger partial charge < -0.3 is 9.84 Å². The molecule has 1 unspecified atom stereocenters. The molecule has 0 spiro atoms. The molecule has 2 rings (SSSR count). The Morgan fingerprint density at radius 1 is 1.48 bits per heavy atom. The van der Waals surface area contributed by atoms with E-state index in [4.69, 9.17) is 16.7 Å². The van der Waals surface area contributed by atoms with Crippen LogP contribution < -0.4 is 4.74 Å². The van der Waals surface area contributed by atoms with Crippen molar-refractivity contribution in [3.05, 3.63) is 35.1 Å². The van der Waals surface area contributed by atoms with E-state index >= 15 is 0 Å². The first kappa shape index (κ1) is 17.0. The third-order valence-electron chi connectivity index (χ3n) is 2.49. The monoisotopic (exact) mass is 353 g/mol. The normalized spacial score (nSPS) is 12.9. The van der Waals surface area contributed by atoms with Crippen LogP contribution in [0.15, 0.2) is 24.4 Å². The number of halogens is 5. The number of pyridine rings is 1. The number of aromatic nitrogens is 3. The lowest BCUT2D eigenvalue weighted by Crippen LogP contribution is -2.21. The zero-order valence-electron chi connectivity index (χ0n) is 11.1. The van der Waals surface area contributed by atoms with E-state index in [9.17, 15) is 22.4 Å². The molecule has 0 fully saturated rings. The number of alkyl halides is 4. The van der Waals surface area contributed by atoms with Gasteiger partial charge in [0.25, 0.3) is 0 Å². The number of nitrogens with zero attached hydrogens (tertiary/aromatic N) is 3. The van der Waals surface area contributed by atoms with Crippen LogP contribution in [0, 0.1) is 0 Å². The summed E-state index contributed by atoms with van der Waals surface area (Å²) in [5.41, 5.74) is -0.500. The van der Waals surface area contributed by atoms with E-state index in [1.807, 2.05) is 0 Å². The van der Waals surface area contributed by atoms with Gasteiger partial charge in [-0.15, -0.1) is 5.10 Å². The van der Waals surface area contributed by atoms with Gasteiger partial charge in [-0.2, -0.15) is 13.2 Å². The Balaban J connectivity index is 2.33. The van der Waals surface area contributed by atoms with E-state index in [2.05, 4.69) is 14.8 Å². The Morgan fingerprint density at radius 2 is 2.17 bits per heavy atom. The van der Waals surface area contributed by atoms with E-state index in [0.29, 0.717) is 0 Å². The average molecular weight is 354 g/mol. The predicted molar refractivity (Wildman–Crippen MR) is 69.5 cm³/mol. The van der Waals surface area contributed by atoms with E-state index in [1.54, 1.807) is 0 Å². The lowest BCUT2D eigenvalue weighted by molar-refractivity contribution is -0.166. The Labute approximate surface area is 131 Å². The van der Waals surface area contributed by atoms with Gasteiger partial charge in [0, 0.05) is 12.3 Å². The summed E-state index contributed by atoms with van der Waals surface area (Å²) in [6.45, 7) is 0. The largest absolute Gasteiger partial charge is 0.477 e. The van der Waals surface area contributed by atoms with Crippen molar-refractivity contribution in [2.45, 2.75) is 19.0 Å². The summed E-state index contributed by atoms with van der Waals surface area (Å²) in [7, 11) is 0. The molecule has 0 radical (unpaired) electrons. The van der Waals surface area contributed by atoms with Crippen LogP contribution in [0.3, 0.4) is 0 Å². The molecule has 11 heteroatoms. The zero-order chi connectivity index (χ0) is 17.2. The highest BCUT2D eigenvalue weighted by molar-refractivity contribution is 6.32. The SMILES string of the molecule is O=C(O)c1cc(OC(F)CC(F)(F)F)nn1-c1ncccc1Cl. The molecule has 124 valence electrons. The van der Waals surface area contributed by atoms with Gasteiger partial charge in [-0.1, -0.05) is 11.6 Å². The standard InChI is InChI=1S/C12H8ClF4N3O3/c13-6-2-1-3-18-10(6)20-7(11(21)22)4-9(19-20)23-8(14)5-12(15,16)17/h1-4,8H,5H2,(H,21,22). The van der Waals surface area contributed by atoms with Gasteiger partial charge in [-0.3, -0.25) is 0 Å². The maximum atomic E-state index is 13.2. The van der Waals surface area contributed by atoms with Gasteiger partial charge >= 0.3 is 12.1 Å². The molecule has 0 aliphatic rings. The van der Waals surface area contributed by atoms with Gasteiger partial charge in [0.15, 0.2) is 11.5 Å². The lowest BCUT2D eigenvalue weighted by Gasteiger charge is -2.11. The minimum atomic E-state index is -4.78. The number of hydrogen-bond donors (Lipinski definition) is 1. The molecule has 0 bridgehead atoms. The molecule has 23 heavy (non-hydrogen) atoms. The van der Waals surface area contributed by atoms with Crippen LogP contribution in [0.1, 0.15) is 16.9 Å². The summed E-state index contributed by atoms with van der Waals surface area (Å²) in [4.78, 5) is 15.0. The predicted octanol–water partition coefficient (Wildman–Crippen LogP) is 3.25. The van der Waals surface area contributed by atoms with Crippen molar-refractivity contribution in [2.75, 3.05) is 0 Å². The Kier molecular flexibility index (Phi) is 4.73. The molecule has 1 N–H and O–H groups in total. The molecule has 2 aromatic rings. The van der Waals surface area contributed by atoms with Crippen molar-refractivity contribution in [2.24, 2.45) is 0 Å². The summed E-state index contributed by atoms with van der Waals surface area (Å²) >= 11 is 5.86. The van der Waals surface area contributed by atoms with Gasteiger partial charge in [-0.25, -0.2) is 18.9 Å². The summed E-state index contributed by atoms with van der Waals surface area (Å²) in [5.74, 6) is -2.20. The van der Waals surface area contributed by atoms with E-state index in [0.717, 1.165) is 10.7 Å². The van der Waals surface area contributed by atoms with Crippen LogP contribution in [0.5, 0.6) is 5.88 Å². The fourth-order valence-electron chi connectivity index (χ4n) is 1.62. The second kappa shape index (κ2) is 6.41. The zero-order valence-corrected chi connectivity index (χ0v) is 11.8. The minimum absolute atomic E-state index is 0.0386. The highest BCUT2D eigenvalue weighted by Gasteiger charge is 2.34. The van der Waals surface area contributed by atoms with Crippen molar-refractivity contribution in [3.63, 3.8) is 0 Å². The van der Waals surface area contributed by atoms with Gasteiger partial charge in [0.05, 0.1) is 5.02 Å². The fourth-order valence-corrected chi connectivity index (χ4v) is 1.82. The molecule has 2 aromatic heterocycles. The number of rotatable bonds is 5. The smallest absolute Gasteiger partial charge is 0.395 e. The fraction of sp³-hybridized carbons (Fsp3) is 0.250. The summed E-state index contributed by atoms with van der Waals surface area (Å²) in [6.07, 6.45) is -8.05. The van der Waals surface area contributed by atoms with Crippen LogP contribution in [0.25, 0.3) is 5.82 Å². The molecule has 2 heterocycles. The van der Waals surface area contributed by atoms with E-state index in [1.165, 1.54) is 18.3 Å². The number of carbonyl (C=O) groups is 1. The number of ether oxygens (including phenoxy) is 1. The van der Waals surface area contributed by atoms with Crippen molar-refractivity contribution in [1.29, 1.82) is 0 Å². The van der Waals surface area contributed by atoms with E-state index in [-0.39, 0.29) is 10.8 Å². The molecular weight excluding hydrogens is 346 g/mol. The number of carboxylic acid groups (broad SMARTS) is 1. The Morgan fingerprint density at radius 3 is 2.74 bits per heavy atom. The highest BCUT2D eigenvalue weighted by atomic mass is 35.5. The molecule has 0 saturated heterocycles. The van der Waals surface area contributed by atoms with Crippen molar-refractivity contribution in [1.82, 2.24) is 14.8 Å². The number of carboxylic acids is 1. The quantitative estimate of drug-likeness (QED) is 0.835. The van der Waals surface area contributed by atoms with Crippen LogP contribution in [-0.2, 0) is 0 Å². The molecule has 6 nitrogen and oxygen atoms in total. The molecule has 0 aliphatic carbocycles. The second-order valence-electron chi connectivity index (χ2n) is 4.24.